The van der Waals surface area contributed by atoms with Gasteiger partial charge in [-0.15, -0.1) is 0 Å². The highest BCUT2D eigenvalue weighted by atomic mass is 16.5. The highest BCUT2D eigenvalue weighted by Gasteiger charge is 2.25. The average Bonchev–Trinajstić information content (AvgIpc) is 3.05. The molecule has 2 N–H and O–H groups in total. The number of rotatable bonds is 8. The summed E-state index contributed by atoms with van der Waals surface area (Å²) in [5, 5.41) is 13.2. The number of amides is 1. The number of carbonyl (C=O) groups is 1. The van der Waals surface area contributed by atoms with Crippen molar-refractivity contribution in [1.29, 1.82) is 0 Å². The summed E-state index contributed by atoms with van der Waals surface area (Å²) in [4.78, 5) is 20.0. The van der Waals surface area contributed by atoms with Gasteiger partial charge in [-0.25, -0.2) is 4.98 Å². The van der Waals surface area contributed by atoms with Gasteiger partial charge in [-0.1, -0.05) is 24.3 Å². The number of nitrogens with zero attached hydrogens (tertiary/aromatic N) is 4. The van der Waals surface area contributed by atoms with E-state index in [1.54, 1.807) is 11.8 Å². The lowest BCUT2D eigenvalue weighted by Gasteiger charge is -2.32. The Morgan fingerprint density at radius 2 is 2.09 bits per heavy atom. The van der Waals surface area contributed by atoms with Crippen LogP contribution in [0.1, 0.15) is 35.8 Å². The molecule has 3 aromatic rings. The highest BCUT2D eigenvalue weighted by molar-refractivity contribution is 5.93. The predicted octanol–water partition coefficient (Wildman–Crippen LogP) is 3.46. The SMILES string of the molecule is COCCNc1nc([C@H]2CCCN(CC(=O)Nc3c(C)nn(C)c3C)C2)cc2ccccc12. The van der Waals surface area contributed by atoms with Crippen LogP contribution >= 0.6 is 0 Å². The van der Waals surface area contributed by atoms with E-state index in [-0.39, 0.29) is 5.91 Å². The van der Waals surface area contributed by atoms with Gasteiger partial charge in [0.05, 0.1) is 30.2 Å². The standard InChI is InChI=1S/C25H34N6O2/c1-17-24(18(2)30(3)29-17)28-23(32)16-31-12-7-9-20(15-31)22-14-19-8-5-6-10-21(19)25(27-22)26-11-13-33-4/h5-6,8,10,14,20H,7,9,11-13,15-16H2,1-4H3,(H,26,27)(H,28,32)/t20-/m0/s1. The quantitative estimate of drug-likeness (QED) is 0.512. The maximum absolute atomic E-state index is 12.8. The summed E-state index contributed by atoms with van der Waals surface area (Å²) in [6.07, 6.45) is 2.12. The summed E-state index contributed by atoms with van der Waals surface area (Å²) < 4.78 is 6.99. The average molecular weight is 451 g/mol. The fourth-order valence-corrected chi connectivity index (χ4v) is 4.61. The number of hydrogen-bond acceptors (Lipinski definition) is 6. The molecule has 3 heterocycles. The Morgan fingerprint density at radius 3 is 2.85 bits per heavy atom. The third-order valence-corrected chi connectivity index (χ3v) is 6.42. The molecule has 8 nitrogen and oxygen atoms in total. The molecule has 33 heavy (non-hydrogen) atoms. The van der Waals surface area contributed by atoms with Crippen molar-refractivity contribution in [2.75, 3.05) is 50.5 Å². The fraction of sp³-hybridized carbons (Fsp3) is 0.480. The van der Waals surface area contributed by atoms with Gasteiger partial charge in [0.15, 0.2) is 0 Å². The zero-order valence-electron chi connectivity index (χ0n) is 20.0. The van der Waals surface area contributed by atoms with Gasteiger partial charge in [0, 0.05) is 44.2 Å². The van der Waals surface area contributed by atoms with Gasteiger partial charge in [-0.05, 0) is 44.7 Å². The minimum absolute atomic E-state index is 0.00300. The van der Waals surface area contributed by atoms with Crippen molar-refractivity contribution in [3.63, 3.8) is 0 Å². The number of hydrogen-bond donors (Lipinski definition) is 2. The van der Waals surface area contributed by atoms with Crippen molar-refractivity contribution in [3.8, 4) is 0 Å². The molecule has 0 radical (unpaired) electrons. The minimum atomic E-state index is 0.00300. The minimum Gasteiger partial charge on any atom is -0.383 e. The number of benzene rings is 1. The maximum Gasteiger partial charge on any atom is 0.238 e. The van der Waals surface area contributed by atoms with E-state index in [0.29, 0.717) is 25.6 Å². The first kappa shape index (κ1) is 23.2. The fourth-order valence-electron chi connectivity index (χ4n) is 4.61. The molecule has 1 aromatic carbocycles. The topological polar surface area (TPSA) is 84.3 Å². The smallest absolute Gasteiger partial charge is 0.238 e. The van der Waals surface area contributed by atoms with Crippen molar-refractivity contribution in [1.82, 2.24) is 19.7 Å². The molecule has 1 aliphatic heterocycles. The number of fused-ring (bicyclic) bond motifs is 1. The van der Waals surface area contributed by atoms with Crippen molar-refractivity contribution in [2.24, 2.45) is 7.05 Å². The first-order valence-electron chi connectivity index (χ1n) is 11.6. The number of carbonyl (C=O) groups excluding carboxylic acids is 1. The number of aryl methyl sites for hydroxylation is 2. The lowest BCUT2D eigenvalue weighted by molar-refractivity contribution is -0.117. The molecule has 1 atom stereocenters. The summed E-state index contributed by atoms with van der Waals surface area (Å²) in [5.41, 5.74) is 3.71. The Bertz CT molecular complexity index is 1130. The highest BCUT2D eigenvalue weighted by Crippen LogP contribution is 2.31. The van der Waals surface area contributed by atoms with Gasteiger partial charge < -0.3 is 15.4 Å². The van der Waals surface area contributed by atoms with Gasteiger partial charge >= 0.3 is 0 Å². The van der Waals surface area contributed by atoms with Crippen LogP contribution in [0.4, 0.5) is 11.5 Å². The van der Waals surface area contributed by atoms with E-state index >= 15 is 0 Å². The number of likely N-dealkylation sites (tertiary alicyclic amines) is 1. The molecule has 0 unspecified atom stereocenters. The summed E-state index contributed by atoms with van der Waals surface area (Å²) in [5.74, 6) is 1.20. The first-order valence-corrected chi connectivity index (χ1v) is 11.6. The second-order valence-electron chi connectivity index (χ2n) is 8.83. The van der Waals surface area contributed by atoms with Crippen molar-refractivity contribution in [2.45, 2.75) is 32.6 Å². The van der Waals surface area contributed by atoms with Gasteiger partial charge in [0.1, 0.15) is 5.82 Å². The summed E-state index contributed by atoms with van der Waals surface area (Å²) >= 11 is 0. The summed E-state index contributed by atoms with van der Waals surface area (Å²) in [7, 11) is 3.59. The van der Waals surface area contributed by atoms with Crippen LogP contribution in [0.5, 0.6) is 0 Å². The predicted molar refractivity (Wildman–Crippen MR) is 132 cm³/mol. The molecule has 0 bridgehead atoms. The van der Waals surface area contributed by atoms with E-state index < -0.39 is 0 Å². The van der Waals surface area contributed by atoms with Crippen LogP contribution in [0.15, 0.2) is 30.3 Å². The number of ether oxygens (including phenoxy) is 1. The molecule has 176 valence electrons. The number of pyridine rings is 1. The van der Waals surface area contributed by atoms with Gasteiger partial charge in [0.2, 0.25) is 5.91 Å². The molecule has 0 spiro atoms. The third-order valence-electron chi connectivity index (χ3n) is 6.42. The largest absolute Gasteiger partial charge is 0.383 e. The Labute approximate surface area is 195 Å². The van der Waals surface area contributed by atoms with Crippen LogP contribution in [0.25, 0.3) is 10.8 Å². The second kappa shape index (κ2) is 10.3. The first-order chi connectivity index (χ1) is 16.0. The molecule has 0 aliphatic carbocycles. The Kier molecular flexibility index (Phi) is 7.25. The molecule has 0 saturated carbocycles. The van der Waals surface area contributed by atoms with Gasteiger partial charge in [-0.2, -0.15) is 5.10 Å². The summed E-state index contributed by atoms with van der Waals surface area (Å²) in [6.45, 7) is 7.34. The Balaban J connectivity index is 1.47. The number of nitrogens with one attached hydrogen (secondary N) is 2. The molecule has 2 aromatic heterocycles. The number of methoxy groups -OCH3 is 1. The number of piperidine rings is 1. The lowest BCUT2D eigenvalue weighted by Crippen LogP contribution is -2.40. The molecular formula is C25H34N6O2. The van der Waals surface area contributed by atoms with Crippen LogP contribution < -0.4 is 10.6 Å². The van der Waals surface area contributed by atoms with E-state index in [4.69, 9.17) is 9.72 Å². The number of aromatic nitrogens is 3. The maximum atomic E-state index is 12.8. The van der Waals surface area contributed by atoms with Crippen LogP contribution in [0.3, 0.4) is 0 Å². The molecule has 1 aliphatic rings. The van der Waals surface area contributed by atoms with E-state index in [2.05, 4.69) is 44.9 Å². The van der Waals surface area contributed by atoms with Crippen LogP contribution in [-0.4, -0.2) is 65.5 Å². The van der Waals surface area contributed by atoms with Crippen LogP contribution in [0.2, 0.25) is 0 Å². The van der Waals surface area contributed by atoms with Crippen molar-refractivity contribution >= 4 is 28.2 Å². The molecule has 1 amide bonds. The summed E-state index contributed by atoms with van der Waals surface area (Å²) in [6, 6.07) is 10.5. The molecule has 8 heteroatoms. The van der Waals surface area contributed by atoms with E-state index in [1.807, 2.05) is 27.0 Å². The van der Waals surface area contributed by atoms with Crippen LogP contribution in [0, 0.1) is 13.8 Å². The Hall–Kier alpha value is -2.97. The van der Waals surface area contributed by atoms with Crippen molar-refractivity contribution < 1.29 is 9.53 Å². The second-order valence-corrected chi connectivity index (χ2v) is 8.83. The van der Waals surface area contributed by atoms with Crippen molar-refractivity contribution in [3.05, 3.63) is 47.4 Å². The number of anilines is 2. The van der Waals surface area contributed by atoms with E-state index in [1.165, 1.54) is 5.39 Å². The monoisotopic (exact) mass is 450 g/mol. The van der Waals surface area contributed by atoms with Crippen LogP contribution in [-0.2, 0) is 16.6 Å². The van der Waals surface area contributed by atoms with E-state index in [9.17, 15) is 4.79 Å². The lowest BCUT2D eigenvalue weighted by atomic mass is 9.93. The third kappa shape index (κ3) is 5.34. The van der Waals surface area contributed by atoms with E-state index in [0.717, 1.165) is 59.9 Å². The van der Waals surface area contributed by atoms with Gasteiger partial charge in [-0.3, -0.25) is 14.4 Å². The Morgan fingerprint density at radius 1 is 1.27 bits per heavy atom. The molecule has 4 rings (SSSR count). The zero-order chi connectivity index (χ0) is 23.4. The molecule has 1 fully saturated rings. The zero-order valence-corrected chi connectivity index (χ0v) is 20.0. The normalized spacial score (nSPS) is 16.8. The molecular weight excluding hydrogens is 416 g/mol. The van der Waals surface area contributed by atoms with Gasteiger partial charge in [0.25, 0.3) is 0 Å². The molecule has 1 saturated heterocycles.